The van der Waals surface area contributed by atoms with Crippen molar-refractivity contribution in [2.75, 3.05) is 26.7 Å². The Kier molecular flexibility index (Phi) is 3.97. The number of pyridine rings is 1. The molecule has 1 unspecified atom stereocenters. The zero-order valence-electron chi connectivity index (χ0n) is 9.82. The molecule has 1 N–H and O–H groups in total. The Hall–Kier alpha value is -1.13. The highest BCUT2D eigenvalue weighted by atomic mass is 35.5. The van der Waals surface area contributed by atoms with Crippen LogP contribution in [0.15, 0.2) is 18.3 Å². The van der Waals surface area contributed by atoms with E-state index in [0.717, 1.165) is 26.1 Å². The summed E-state index contributed by atoms with van der Waals surface area (Å²) >= 11 is 5.66. The number of nitrogens with one attached hydrogen (secondary N) is 1. The van der Waals surface area contributed by atoms with Gasteiger partial charge in [0.1, 0.15) is 5.15 Å². The lowest BCUT2D eigenvalue weighted by Crippen LogP contribution is -2.30. The van der Waals surface area contributed by atoms with Gasteiger partial charge >= 0.3 is 0 Å². The molecule has 1 atom stereocenters. The fourth-order valence-electron chi connectivity index (χ4n) is 2.04. The lowest BCUT2D eigenvalue weighted by molar-refractivity contribution is 0.0947. The molecule has 0 radical (unpaired) electrons. The van der Waals surface area contributed by atoms with E-state index in [1.54, 1.807) is 12.1 Å². The number of hydrogen-bond acceptors (Lipinski definition) is 3. The van der Waals surface area contributed by atoms with Gasteiger partial charge < -0.3 is 10.2 Å². The van der Waals surface area contributed by atoms with E-state index in [1.807, 2.05) is 0 Å². The van der Waals surface area contributed by atoms with E-state index in [9.17, 15) is 4.79 Å². The van der Waals surface area contributed by atoms with Crippen molar-refractivity contribution in [3.8, 4) is 0 Å². The van der Waals surface area contributed by atoms with Gasteiger partial charge in [-0.1, -0.05) is 11.6 Å². The van der Waals surface area contributed by atoms with Crippen molar-refractivity contribution in [1.82, 2.24) is 15.2 Å². The predicted molar refractivity (Wildman–Crippen MR) is 67.2 cm³/mol. The summed E-state index contributed by atoms with van der Waals surface area (Å²) in [5.41, 5.74) is 0.556. The molecular weight excluding hydrogens is 238 g/mol. The second kappa shape index (κ2) is 5.47. The quantitative estimate of drug-likeness (QED) is 0.829. The maximum Gasteiger partial charge on any atom is 0.252 e. The van der Waals surface area contributed by atoms with Crippen molar-refractivity contribution in [3.63, 3.8) is 0 Å². The van der Waals surface area contributed by atoms with E-state index < -0.39 is 0 Å². The predicted octanol–water partition coefficient (Wildman–Crippen LogP) is 1.42. The van der Waals surface area contributed by atoms with Crippen LogP contribution in [-0.4, -0.2) is 42.5 Å². The van der Waals surface area contributed by atoms with Crippen molar-refractivity contribution in [3.05, 3.63) is 29.0 Å². The van der Waals surface area contributed by atoms with E-state index in [0.29, 0.717) is 16.6 Å². The number of halogens is 1. The van der Waals surface area contributed by atoms with Crippen LogP contribution in [0.3, 0.4) is 0 Å². The van der Waals surface area contributed by atoms with Crippen LogP contribution in [0.25, 0.3) is 0 Å². The molecule has 0 aromatic carbocycles. The molecule has 4 nitrogen and oxygen atoms in total. The summed E-state index contributed by atoms with van der Waals surface area (Å²) in [6, 6.07) is 3.31. The molecule has 1 amide bonds. The summed E-state index contributed by atoms with van der Waals surface area (Å²) in [4.78, 5) is 18.0. The fraction of sp³-hybridized carbons (Fsp3) is 0.500. The molecule has 1 fully saturated rings. The van der Waals surface area contributed by atoms with Crippen LogP contribution in [0.2, 0.25) is 5.15 Å². The van der Waals surface area contributed by atoms with Gasteiger partial charge in [0.2, 0.25) is 0 Å². The second-order valence-electron chi connectivity index (χ2n) is 4.50. The van der Waals surface area contributed by atoms with Crippen LogP contribution in [0.5, 0.6) is 0 Å². The van der Waals surface area contributed by atoms with E-state index >= 15 is 0 Å². The van der Waals surface area contributed by atoms with E-state index in [4.69, 9.17) is 11.6 Å². The lowest BCUT2D eigenvalue weighted by Gasteiger charge is -2.11. The van der Waals surface area contributed by atoms with Gasteiger partial charge in [-0.05, 0) is 38.1 Å². The highest BCUT2D eigenvalue weighted by Gasteiger charge is 2.19. The molecule has 2 heterocycles. The average molecular weight is 254 g/mol. The third-order valence-electron chi connectivity index (χ3n) is 3.03. The summed E-state index contributed by atoms with van der Waals surface area (Å²) < 4.78 is 0. The third-order valence-corrected chi connectivity index (χ3v) is 3.25. The van der Waals surface area contributed by atoms with Gasteiger partial charge in [0.25, 0.3) is 5.91 Å². The van der Waals surface area contributed by atoms with Crippen LogP contribution in [0, 0.1) is 5.92 Å². The molecule has 1 aromatic rings. The van der Waals surface area contributed by atoms with Crippen molar-refractivity contribution in [1.29, 1.82) is 0 Å². The van der Waals surface area contributed by atoms with Crippen molar-refractivity contribution in [2.45, 2.75) is 6.42 Å². The van der Waals surface area contributed by atoms with Gasteiger partial charge in [0.15, 0.2) is 0 Å². The largest absolute Gasteiger partial charge is 0.352 e. The van der Waals surface area contributed by atoms with Gasteiger partial charge in [-0.2, -0.15) is 0 Å². The Bertz CT molecular complexity index is 393. The number of nitrogens with zero attached hydrogens (tertiary/aromatic N) is 2. The molecular formula is C12H16ClN3O. The zero-order chi connectivity index (χ0) is 12.3. The van der Waals surface area contributed by atoms with Gasteiger partial charge in [-0.15, -0.1) is 0 Å². The highest BCUT2D eigenvalue weighted by Crippen LogP contribution is 2.13. The lowest BCUT2D eigenvalue weighted by atomic mass is 10.1. The first-order valence-corrected chi connectivity index (χ1v) is 6.11. The topological polar surface area (TPSA) is 45.2 Å². The van der Waals surface area contributed by atoms with Gasteiger partial charge in [-0.3, -0.25) is 4.79 Å². The summed E-state index contributed by atoms with van der Waals surface area (Å²) in [5.74, 6) is 0.480. The number of likely N-dealkylation sites (tertiary alicyclic amines) is 1. The SMILES string of the molecule is CN1CCC(CNC(=O)c2ccc(Cl)nc2)C1. The molecule has 2 rings (SSSR count). The molecule has 1 aliphatic heterocycles. The van der Waals surface area contributed by atoms with Crippen LogP contribution in [0.4, 0.5) is 0 Å². The fourth-order valence-corrected chi connectivity index (χ4v) is 2.15. The van der Waals surface area contributed by atoms with E-state index in [1.165, 1.54) is 6.20 Å². The monoisotopic (exact) mass is 253 g/mol. The summed E-state index contributed by atoms with van der Waals surface area (Å²) in [5, 5.41) is 3.33. The van der Waals surface area contributed by atoms with E-state index in [2.05, 4.69) is 22.2 Å². The minimum atomic E-state index is -0.0799. The molecule has 1 aromatic heterocycles. The van der Waals surface area contributed by atoms with Crippen LogP contribution in [0.1, 0.15) is 16.8 Å². The van der Waals surface area contributed by atoms with Crippen molar-refractivity contribution in [2.24, 2.45) is 5.92 Å². The Morgan fingerprint density at radius 2 is 2.47 bits per heavy atom. The van der Waals surface area contributed by atoms with Crippen LogP contribution < -0.4 is 5.32 Å². The molecule has 0 bridgehead atoms. The Morgan fingerprint density at radius 1 is 1.65 bits per heavy atom. The zero-order valence-corrected chi connectivity index (χ0v) is 10.6. The average Bonchev–Trinajstić information content (AvgIpc) is 2.73. The first-order valence-electron chi connectivity index (χ1n) is 5.73. The number of rotatable bonds is 3. The van der Waals surface area contributed by atoms with Crippen LogP contribution in [-0.2, 0) is 0 Å². The second-order valence-corrected chi connectivity index (χ2v) is 4.88. The standard InChI is InChI=1S/C12H16ClN3O/c1-16-5-4-9(8-16)6-15-12(17)10-2-3-11(13)14-7-10/h2-3,7,9H,4-6,8H2,1H3,(H,15,17). The summed E-state index contributed by atoms with van der Waals surface area (Å²) in [6.45, 7) is 2.90. The number of hydrogen-bond donors (Lipinski definition) is 1. The minimum absolute atomic E-state index is 0.0799. The number of carbonyl (C=O) groups excluding carboxylic acids is 1. The third kappa shape index (κ3) is 3.41. The molecule has 0 saturated carbocycles. The van der Waals surface area contributed by atoms with E-state index in [-0.39, 0.29) is 5.91 Å². The highest BCUT2D eigenvalue weighted by molar-refractivity contribution is 6.29. The Morgan fingerprint density at radius 3 is 3.06 bits per heavy atom. The van der Waals surface area contributed by atoms with Gasteiger partial charge in [0, 0.05) is 19.3 Å². The molecule has 0 aliphatic carbocycles. The van der Waals surface area contributed by atoms with Gasteiger partial charge in [0.05, 0.1) is 5.56 Å². The maximum atomic E-state index is 11.8. The van der Waals surface area contributed by atoms with Crippen molar-refractivity contribution < 1.29 is 4.79 Å². The summed E-state index contributed by atoms with van der Waals surface area (Å²) in [7, 11) is 2.10. The molecule has 17 heavy (non-hydrogen) atoms. The normalized spacial score (nSPS) is 20.5. The number of aromatic nitrogens is 1. The Labute approximate surface area is 106 Å². The van der Waals surface area contributed by atoms with Gasteiger partial charge in [-0.25, -0.2) is 4.98 Å². The minimum Gasteiger partial charge on any atom is -0.352 e. The van der Waals surface area contributed by atoms with Crippen molar-refractivity contribution >= 4 is 17.5 Å². The maximum absolute atomic E-state index is 11.8. The summed E-state index contributed by atoms with van der Waals surface area (Å²) in [6.07, 6.45) is 2.65. The molecule has 0 spiro atoms. The Balaban J connectivity index is 1.83. The van der Waals surface area contributed by atoms with Crippen LogP contribution >= 0.6 is 11.6 Å². The smallest absolute Gasteiger partial charge is 0.252 e. The number of carbonyl (C=O) groups is 1. The molecule has 1 saturated heterocycles. The number of amides is 1. The first-order chi connectivity index (χ1) is 8.15. The first kappa shape index (κ1) is 12.3. The molecule has 92 valence electrons. The molecule has 5 heteroatoms. The molecule has 1 aliphatic rings.